The fourth-order valence-corrected chi connectivity index (χ4v) is 5.70. The zero-order valence-corrected chi connectivity index (χ0v) is 19.6. The molecule has 1 aromatic carbocycles. The molecule has 0 saturated carbocycles. The van der Waals surface area contributed by atoms with Gasteiger partial charge in [-0.05, 0) is 75.4 Å². The third-order valence-corrected chi connectivity index (χ3v) is 7.49. The second kappa shape index (κ2) is 7.60. The number of anilines is 1. The number of aromatic hydroxyl groups is 1. The van der Waals surface area contributed by atoms with E-state index in [2.05, 4.69) is 47.4 Å². The summed E-state index contributed by atoms with van der Waals surface area (Å²) in [6.45, 7) is 4.66. The van der Waals surface area contributed by atoms with E-state index in [0.29, 0.717) is 23.0 Å². The number of fused-ring (bicyclic) bond motifs is 2. The van der Waals surface area contributed by atoms with E-state index in [1.165, 1.54) is 12.8 Å². The van der Waals surface area contributed by atoms with E-state index >= 15 is 0 Å². The van der Waals surface area contributed by atoms with Crippen LogP contribution in [-0.4, -0.2) is 44.0 Å². The molecule has 2 bridgehead atoms. The van der Waals surface area contributed by atoms with Crippen LogP contribution in [0.15, 0.2) is 42.6 Å². The van der Waals surface area contributed by atoms with Crippen LogP contribution in [0.4, 0.5) is 5.82 Å². The van der Waals surface area contributed by atoms with Crippen LogP contribution in [0, 0.1) is 11.3 Å². The van der Waals surface area contributed by atoms with Gasteiger partial charge in [0.15, 0.2) is 5.82 Å². The van der Waals surface area contributed by atoms with Gasteiger partial charge in [0.2, 0.25) is 0 Å². The van der Waals surface area contributed by atoms with Crippen LogP contribution >= 0.6 is 0 Å². The number of hydrogen-bond acceptors (Lipinski definition) is 6. The smallest absolute Gasteiger partial charge is 0.151 e. The van der Waals surface area contributed by atoms with Crippen LogP contribution in [0.25, 0.3) is 22.4 Å². The van der Waals surface area contributed by atoms with Crippen molar-refractivity contribution in [1.82, 2.24) is 20.1 Å². The van der Waals surface area contributed by atoms with Crippen molar-refractivity contribution in [1.29, 1.82) is 5.26 Å². The predicted molar refractivity (Wildman–Crippen MR) is 129 cm³/mol. The van der Waals surface area contributed by atoms with Gasteiger partial charge in [-0.3, -0.25) is 0 Å². The second-order valence-electron chi connectivity index (χ2n) is 10.3. The summed E-state index contributed by atoms with van der Waals surface area (Å²) in [5.41, 5.74) is 3.96. The van der Waals surface area contributed by atoms with E-state index in [1.54, 1.807) is 10.6 Å². The lowest BCUT2D eigenvalue weighted by Crippen LogP contribution is -2.58. The van der Waals surface area contributed by atoms with Gasteiger partial charge in [0.1, 0.15) is 17.5 Å². The van der Waals surface area contributed by atoms with E-state index in [4.69, 9.17) is 0 Å². The van der Waals surface area contributed by atoms with E-state index in [-0.39, 0.29) is 16.8 Å². The summed E-state index contributed by atoms with van der Waals surface area (Å²) < 4.78 is 1.77. The number of phenols is 1. The average Bonchev–Trinajstić information content (AvgIpc) is 3.28. The van der Waals surface area contributed by atoms with E-state index in [1.807, 2.05) is 43.6 Å². The molecular weight excluding hydrogens is 412 g/mol. The lowest BCUT2D eigenvalue weighted by atomic mass is 9.84. The Kier molecular flexibility index (Phi) is 4.95. The van der Waals surface area contributed by atoms with Crippen LogP contribution in [0.1, 0.15) is 45.2 Å². The predicted octanol–water partition coefficient (Wildman–Crippen LogP) is 4.23. The molecule has 0 aliphatic carbocycles. The first-order chi connectivity index (χ1) is 15.7. The molecule has 2 fully saturated rings. The molecule has 2 N–H and O–H groups in total. The normalized spacial score (nSPS) is 26.2. The maximum absolute atomic E-state index is 10.7. The molecule has 4 heterocycles. The van der Waals surface area contributed by atoms with Crippen molar-refractivity contribution < 1.29 is 5.11 Å². The molecule has 5 rings (SSSR count). The first kappa shape index (κ1) is 21.5. The van der Waals surface area contributed by atoms with Gasteiger partial charge in [0.05, 0.1) is 5.69 Å². The van der Waals surface area contributed by atoms with Crippen molar-refractivity contribution in [2.24, 2.45) is 7.05 Å². The zero-order chi connectivity index (χ0) is 23.4. The van der Waals surface area contributed by atoms with Gasteiger partial charge in [-0.1, -0.05) is 6.07 Å². The molecule has 170 valence electrons. The first-order valence-corrected chi connectivity index (χ1v) is 11.4. The molecule has 2 aliphatic heterocycles. The molecule has 2 saturated heterocycles. The molecule has 0 spiro atoms. The minimum absolute atomic E-state index is 0.140. The number of aromatic nitrogens is 3. The second-order valence-corrected chi connectivity index (χ2v) is 10.3. The van der Waals surface area contributed by atoms with Crippen LogP contribution in [0.2, 0.25) is 0 Å². The highest BCUT2D eigenvalue weighted by molar-refractivity contribution is 5.74. The Morgan fingerprint density at radius 3 is 2.39 bits per heavy atom. The summed E-state index contributed by atoms with van der Waals surface area (Å²) in [4.78, 5) is 2.25. The Balaban J connectivity index is 1.36. The van der Waals surface area contributed by atoms with Crippen LogP contribution in [-0.2, 0) is 7.05 Å². The van der Waals surface area contributed by atoms with Crippen molar-refractivity contribution in [3.63, 3.8) is 0 Å². The van der Waals surface area contributed by atoms with Gasteiger partial charge in [-0.2, -0.15) is 5.26 Å². The Morgan fingerprint density at radius 2 is 1.82 bits per heavy atom. The van der Waals surface area contributed by atoms with Crippen LogP contribution in [0.5, 0.6) is 5.75 Å². The maximum atomic E-state index is 10.7. The monoisotopic (exact) mass is 442 g/mol. The third kappa shape index (κ3) is 3.85. The van der Waals surface area contributed by atoms with Gasteiger partial charge in [-0.15, -0.1) is 10.2 Å². The number of nitriles is 1. The SMILES string of the molecule is CN(c1ccc(-c2ccc(-c3cc(C#N)n(C)c3)cc2O)nn1)[C@H]1C[C@]2(C)CC[C@](C)(C1)N2. The van der Waals surface area contributed by atoms with Crippen LogP contribution < -0.4 is 10.2 Å². The maximum Gasteiger partial charge on any atom is 0.151 e. The van der Waals surface area contributed by atoms with Crippen molar-refractivity contribution in [3.8, 4) is 34.2 Å². The molecule has 3 atom stereocenters. The number of benzene rings is 1. The van der Waals surface area contributed by atoms with E-state index in [9.17, 15) is 10.4 Å². The van der Waals surface area contributed by atoms with Crippen molar-refractivity contribution in [2.75, 3.05) is 11.9 Å². The topological polar surface area (TPSA) is 90.0 Å². The lowest BCUT2D eigenvalue weighted by molar-refractivity contribution is 0.207. The summed E-state index contributed by atoms with van der Waals surface area (Å²) in [7, 11) is 3.94. The summed E-state index contributed by atoms with van der Waals surface area (Å²) in [5.74, 6) is 0.989. The number of nitrogens with one attached hydrogen (secondary N) is 1. The molecule has 2 aliphatic rings. The molecule has 0 radical (unpaired) electrons. The molecule has 2 aromatic heterocycles. The molecule has 0 amide bonds. The van der Waals surface area contributed by atoms with Gasteiger partial charge >= 0.3 is 0 Å². The Hall–Kier alpha value is -3.37. The van der Waals surface area contributed by atoms with Gasteiger partial charge in [0.25, 0.3) is 0 Å². The minimum Gasteiger partial charge on any atom is -0.507 e. The number of rotatable bonds is 4. The van der Waals surface area contributed by atoms with E-state index < -0.39 is 0 Å². The summed E-state index contributed by atoms with van der Waals surface area (Å²) in [5, 5.41) is 32.6. The summed E-state index contributed by atoms with van der Waals surface area (Å²) in [6.07, 6.45) is 6.50. The highest BCUT2D eigenvalue weighted by Gasteiger charge is 2.49. The third-order valence-electron chi connectivity index (χ3n) is 7.49. The van der Waals surface area contributed by atoms with Crippen molar-refractivity contribution >= 4 is 5.82 Å². The number of phenolic OH excluding ortho intramolecular Hbond substituents is 1. The van der Waals surface area contributed by atoms with Gasteiger partial charge in [-0.25, -0.2) is 0 Å². The Morgan fingerprint density at radius 1 is 1.09 bits per heavy atom. The Bertz CT molecular complexity index is 1220. The first-order valence-electron chi connectivity index (χ1n) is 11.4. The summed E-state index contributed by atoms with van der Waals surface area (Å²) in [6, 6.07) is 13.8. The molecule has 0 unspecified atom stereocenters. The zero-order valence-electron chi connectivity index (χ0n) is 19.6. The average molecular weight is 443 g/mol. The molecule has 33 heavy (non-hydrogen) atoms. The highest BCUT2D eigenvalue weighted by Crippen LogP contribution is 2.43. The molecule has 7 heteroatoms. The Labute approximate surface area is 194 Å². The minimum atomic E-state index is 0.140. The quantitative estimate of drug-likeness (QED) is 0.629. The van der Waals surface area contributed by atoms with Crippen molar-refractivity contribution in [2.45, 2.75) is 56.7 Å². The van der Waals surface area contributed by atoms with E-state index in [0.717, 1.165) is 29.8 Å². The molecule has 7 nitrogen and oxygen atoms in total. The number of nitrogens with zero attached hydrogens (tertiary/aromatic N) is 5. The lowest BCUT2D eigenvalue weighted by Gasteiger charge is -2.45. The summed E-state index contributed by atoms with van der Waals surface area (Å²) >= 11 is 0. The fourth-order valence-electron chi connectivity index (χ4n) is 5.70. The van der Waals surface area contributed by atoms with Crippen LogP contribution in [0.3, 0.4) is 0 Å². The fraction of sp³-hybridized carbons (Fsp3) is 0.423. The van der Waals surface area contributed by atoms with Gasteiger partial charge in [0, 0.05) is 48.5 Å². The molecular formula is C26H30N6O. The number of piperidine rings is 1. The van der Waals surface area contributed by atoms with Gasteiger partial charge < -0.3 is 19.9 Å². The number of aryl methyl sites for hydroxylation is 1. The molecule has 3 aromatic rings. The van der Waals surface area contributed by atoms with Crippen molar-refractivity contribution in [3.05, 3.63) is 48.3 Å². The number of hydrogen-bond donors (Lipinski definition) is 2. The highest BCUT2D eigenvalue weighted by atomic mass is 16.3. The largest absolute Gasteiger partial charge is 0.507 e. The standard InChI is InChI=1S/C26H30N6O/c1-25-9-10-26(2,30-25)14-20(13-25)32(4)24-8-7-22(28-29-24)21-6-5-17(12-23(21)33)18-11-19(15-27)31(3)16-18/h5-8,11-12,16,20,30,33H,9-10,13-14H2,1-4H3/t20-,25-,26+.